The molecule has 1 unspecified atom stereocenters. The second-order valence-corrected chi connectivity index (χ2v) is 12.4. The topological polar surface area (TPSA) is 109 Å². The zero-order chi connectivity index (χ0) is 30.8. The highest BCUT2D eigenvalue weighted by atomic mass is 32.2. The van der Waals surface area contributed by atoms with Gasteiger partial charge in [-0.3, -0.25) is 9.10 Å². The van der Waals surface area contributed by atoms with Crippen LogP contribution in [0.4, 0.5) is 18.9 Å². The molecule has 0 radical (unpaired) electrons. The second-order valence-electron chi connectivity index (χ2n) is 10.4. The Morgan fingerprint density at radius 2 is 1.79 bits per heavy atom. The maximum absolute atomic E-state index is 13.5. The maximum atomic E-state index is 13.5. The standard InChI is InChI=1S/C31H30F3N3O5S/c1-42-19-24(15-20-7-10-25(38)11-8-20)35-30(39)28-18-29(37-13-2-3-14-43(37,40)41)26-17-22(9-12-27(26)36-28)21-5-4-6-23(16-21)31(32,33)34/h4-12,16-18,24,38H,2-3,13-15,19H2,1H3,(H,35,39). The summed E-state index contributed by atoms with van der Waals surface area (Å²) in [5, 5.41) is 12.9. The molecule has 0 aliphatic carbocycles. The van der Waals surface area contributed by atoms with Gasteiger partial charge in [-0.1, -0.05) is 30.3 Å². The van der Waals surface area contributed by atoms with E-state index in [1.54, 1.807) is 48.5 Å². The molecule has 1 aromatic heterocycles. The number of anilines is 1. The van der Waals surface area contributed by atoms with Crippen molar-refractivity contribution in [3.05, 3.63) is 89.6 Å². The molecule has 0 bridgehead atoms. The number of benzene rings is 3. The van der Waals surface area contributed by atoms with E-state index < -0.39 is 33.7 Å². The van der Waals surface area contributed by atoms with Gasteiger partial charge in [-0.25, -0.2) is 13.4 Å². The average Bonchev–Trinajstić information content (AvgIpc) is 2.97. The number of carbonyl (C=O) groups excluding carboxylic acids is 1. The number of methoxy groups -OCH3 is 1. The Hall–Kier alpha value is -4.16. The van der Waals surface area contributed by atoms with E-state index in [1.165, 1.54) is 23.5 Å². The molecule has 1 atom stereocenters. The minimum Gasteiger partial charge on any atom is -0.508 e. The molecule has 1 saturated heterocycles. The quantitative estimate of drug-likeness (QED) is 0.270. The van der Waals surface area contributed by atoms with E-state index in [-0.39, 0.29) is 36.0 Å². The number of nitrogens with one attached hydrogen (secondary N) is 1. The molecule has 5 rings (SSSR count). The van der Waals surface area contributed by atoms with Crippen LogP contribution in [0.5, 0.6) is 5.75 Å². The smallest absolute Gasteiger partial charge is 0.416 e. The molecule has 0 saturated carbocycles. The van der Waals surface area contributed by atoms with Gasteiger partial charge in [0, 0.05) is 19.0 Å². The number of phenolic OH excluding ortho intramolecular Hbond substituents is 1. The highest BCUT2D eigenvalue weighted by molar-refractivity contribution is 7.92. The van der Waals surface area contributed by atoms with Gasteiger partial charge in [0.1, 0.15) is 11.4 Å². The van der Waals surface area contributed by atoms with Crippen LogP contribution in [0.1, 0.15) is 34.5 Å². The van der Waals surface area contributed by atoms with Gasteiger partial charge in [0.15, 0.2) is 0 Å². The first kappa shape index (κ1) is 30.3. The third-order valence-corrected chi connectivity index (χ3v) is 9.14. The Morgan fingerprint density at radius 1 is 1.05 bits per heavy atom. The predicted molar refractivity (Wildman–Crippen MR) is 157 cm³/mol. The third kappa shape index (κ3) is 6.91. The first-order valence-corrected chi connectivity index (χ1v) is 15.3. The Balaban J connectivity index is 1.55. The highest BCUT2D eigenvalue weighted by Crippen LogP contribution is 2.36. The molecule has 1 fully saturated rings. The van der Waals surface area contributed by atoms with E-state index in [9.17, 15) is 31.5 Å². The van der Waals surface area contributed by atoms with E-state index in [4.69, 9.17) is 4.74 Å². The van der Waals surface area contributed by atoms with E-state index in [1.807, 2.05) is 0 Å². The summed E-state index contributed by atoms with van der Waals surface area (Å²) in [5.41, 5.74) is 1.36. The normalized spacial score (nSPS) is 15.8. The van der Waals surface area contributed by atoms with Gasteiger partial charge in [0.25, 0.3) is 5.91 Å². The second kappa shape index (κ2) is 12.2. The van der Waals surface area contributed by atoms with Crippen LogP contribution in [0.15, 0.2) is 72.8 Å². The molecule has 2 N–H and O–H groups in total. The van der Waals surface area contributed by atoms with Crippen LogP contribution in [0.25, 0.3) is 22.0 Å². The number of aromatic nitrogens is 1. The molecule has 226 valence electrons. The van der Waals surface area contributed by atoms with Gasteiger partial charge in [-0.15, -0.1) is 0 Å². The number of carbonyl (C=O) groups is 1. The predicted octanol–water partition coefficient (Wildman–Crippen LogP) is 5.54. The minimum atomic E-state index is -4.52. The Morgan fingerprint density at radius 3 is 2.49 bits per heavy atom. The molecule has 1 aliphatic heterocycles. The molecule has 8 nitrogen and oxygen atoms in total. The molecular formula is C31H30F3N3O5S. The van der Waals surface area contributed by atoms with Crippen LogP contribution in [-0.4, -0.2) is 56.5 Å². The van der Waals surface area contributed by atoms with Crippen molar-refractivity contribution in [3.63, 3.8) is 0 Å². The number of nitrogens with zero attached hydrogens (tertiary/aromatic N) is 2. The van der Waals surface area contributed by atoms with Gasteiger partial charge in [-0.2, -0.15) is 13.2 Å². The number of alkyl halides is 3. The van der Waals surface area contributed by atoms with Crippen molar-refractivity contribution in [2.45, 2.75) is 31.5 Å². The SMILES string of the molecule is COCC(Cc1ccc(O)cc1)NC(=O)c1cc(N2CCCCS2(=O)=O)c2cc(-c3cccc(C(F)(F)F)c3)ccc2n1. The van der Waals surface area contributed by atoms with Crippen LogP contribution in [-0.2, 0) is 27.4 Å². The lowest BCUT2D eigenvalue weighted by molar-refractivity contribution is -0.137. The number of fused-ring (bicyclic) bond motifs is 1. The van der Waals surface area contributed by atoms with Gasteiger partial charge in [0.2, 0.25) is 10.0 Å². The van der Waals surface area contributed by atoms with Crippen molar-refractivity contribution in [2.75, 3.05) is 30.3 Å². The van der Waals surface area contributed by atoms with Crippen molar-refractivity contribution >= 4 is 32.5 Å². The number of rotatable bonds is 8. The molecule has 3 aromatic carbocycles. The number of halogens is 3. The summed E-state index contributed by atoms with van der Waals surface area (Å²) in [6.07, 6.45) is -3.01. The molecular weight excluding hydrogens is 583 g/mol. The fourth-order valence-corrected chi connectivity index (χ4v) is 6.82. The number of phenols is 1. The van der Waals surface area contributed by atoms with Crippen LogP contribution >= 0.6 is 0 Å². The lowest BCUT2D eigenvalue weighted by Gasteiger charge is -2.29. The van der Waals surface area contributed by atoms with Crippen LogP contribution in [0.3, 0.4) is 0 Å². The molecule has 4 aromatic rings. The van der Waals surface area contributed by atoms with Crippen molar-refractivity contribution < 1.29 is 36.2 Å². The lowest BCUT2D eigenvalue weighted by Crippen LogP contribution is -2.40. The van der Waals surface area contributed by atoms with Gasteiger partial charge in [-0.05, 0) is 78.4 Å². The first-order chi connectivity index (χ1) is 20.4. The number of aromatic hydroxyl groups is 1. The number of hydrogen-bond donors (Lipinski definition) is 2. The van der Waals surface area contributed by atoms with Crippen molar-refractivity contribution in [2.24, 2.45) is 0 Å². The summed E-state index contributed by atoms with van der Waals surface area (Å²) in [6.45, 7) is 0.386. The van der Waals surface area contributed by atoms with Crippen molar-refractivity contribution in [3.8, 4) is 16.9 Å². The first-order valence-electron chi connectivity index (χ1n) is 13.7. The lowest BCUT2D eigenvalue weighted by atomic mass is 10.00. The number of sulfonamides is 1. The van der Waals surface area contributed by atoms with Gasteiger partial charge >= 0.3 is 6.18 Å². The van der Waals surface area contributed by atoms with Gasteiger partial charge < -0.3 is 15.2 Å². The largest absolute Gasteiger partial charge is 0.508 e. The third-order valence-electron chi connectivity index (χ3n) is 7.28. The van der Waals surface area contributed by atoms with E-state index >= 15 is 0 Å². The number of hydrogen-bond acceptors (Lipinski definition) is 6. The fraction of sp³-hybridized carbons (Fsp3) is 0.290. The summed E-state index contributed by atoms with van der Waals surface area (Å²) < 4.78 is 73.0. The van der Waals surface area contributed by atoms with E-state index in [0.29, 0.717) is 41.3 Å². The fourth-order valence-electron chi connectivity index (χ4n) is 5.17. The molecule has 2 heterocycles. The molecule has 12 heteroatoms. The van der Waals surface area contributed by atoms with Crippen LogP contribution in [0.2, 0.25) is 0 Å². The molecule has 43 heavy (non-hydrogen) atoms. The molecule has 1 aliphatic rings. The minimum absolute atomic E-state index is 0.0121. The zero-order valence-electron chi connectivity index (χ0n) is 23.3. The zero-order valence-corrected chi connectivity index (χ0v) is 24.1. The summed E-state index contributed by atoms with van der Waals surface area (Å²) in [5.74, 6) is -0.484. The van der Waals surface area contributed by atoms with E-state index in [0.717, 1.165) is 17.7 Å². The highest BCUT2D eigenvalue weighted by Gasteiger charge is 2.31. The maximum Gasteiger partial charge on any atom is 0.416 e. The average molecular weight is 614 g/mol. The number of ether oxygens (including phenoxy) is 1. The van der Waals surface area contributed by atoms with E-state index in [2.05, 4.69) is 10.3 Å². The van der Waals surface area contributed by atoms with Crippen molar-refractivity contribution in [1.82, 2.24) is 10.3 Å². The van der Waals surface area contributed by atoms with Crippen molar-refractivity contribution in [1.29, 1.82) is 0 Å². The molecule has 1 amide bonds. The Bertz CT molecular complexity index is 1740. The summed E-state index contributed by atoms with van der Waals surface area (Å²) in [6, 6.07) is 17.2. The summed E-state index contributed by atoms with van der Waals surface area (Å²) in [7, 11) is -2.20. The monoisotopic (exact) mass is 613 g/mol. The molecule has 0 spiro atoms. The number of pyridine rings is 1. The van der Waals surface area contributed by atoms with Crippen LogP contribution in [0, 0.1) is 0 Å². The Kier molecular flexibility index (Phi) is 8.61. The van der Waals surface area contributed by atoms with Gasteiger partial charge in [0.05, 0.1) is 35.2 Å². The number of amides is 1. The summed E-state index contributed by atoms with van der Waals surface area (Å²) in [4.78, 5) is 18.0. The van der Waals surface area contributed by atoms with Crippen LogP contribution < -0.4 is 9.62 Å². The Labute approximate surface area is 247 Å². The summed E-state index contributed by atoms with van der Waals surface area (Å²) >= 11 is 0.